The highest BCUT2D eigenvalue weighted by Crippen LogP contribution is 2.37. The van der Waals surface area contributed by atoms with Crippen molar-refractivity contribution in [2.75, 3.05) is 35.1 Å². The van der Waals surface area contributed by atoms with Gasteiger partial charge in [-0.2, -0.15) is 0 Å². The van der Waals surface area contributed by atoms with Gasteiger partial charge in [0.05, 0.1) is 13.8 Å². The first kappa shape index (κ1) is 21.2. The van der Waals surface area contributed by atoms with Crippen LogP contribution in [0, 0.1) is 6.92 Å². The molecule has 0 saturated carbocycles. The van der Waals surface area contributed by atoms with E-state index in [1.165, 1.54) is 0 Å². The van der Waals surface area contributed by atoms with Gasteiger partial charge in [-0.3, -0.25) is 0 Å². The molecule has 4 rings (SSSR count). The van der Waals surface area contributed by atoms with Crippen molar-refractivity contribution in [3.8, 4) is 5.75 Å². The minimum absolute atomic E-state index is 0.664. The number of fused-ring (bicyclic) bond motifs is 1. The lowest BCUT2D eigenvalue weighted by Crippen LogP contribution is -2.23. The summed E-state index contributed by atoms with van der Waals surface area (Å²) >= 11 is 1.68. The van der Waals surface area contributed by atoms with Crippen molar-refractivity contribution in [3.63, 3.8) is 0 Å². The van der Waals surface area contributed by atoms with Crippen molar-refractivity contribution in [3.05, 3.63) is 53.6 Å². The van der Waals surface area contributed by atoms with E-state index in [9.17, 15) is 0 Å². The van der Waals surface area contributed by atoms with Crippen molar-refractivity contribution >= 4 is 29.1 Å². The van der Waals surface area contributed by atoms with Crippen LogP contribution in [0.2, 0.25) is 0 Å². The molecule has 1 aliphatic heterocycles. The largest absolute Gasteiger partial charge is 0.497 e. The Hall–Kier alpha value is -3.07. The fraction of sp³-hybridized carbons (Fsp3) is 0.364. The molecule has 0 spiro atoms. The third-order valence-corrected chi connectivity index (χ3v) is 5.93. The Morgan fingerprint density at radius 2 is 1.90 bits per heavy atom. The number of nitrogens with one attached hydrogen (secondary N) is 2. The van der Waals surface area contributed by atoms with Gasteiger partial charge in [-0.05, 0) is 31.0 Å². The third-order valence-electron chi connectivity index (χ3n) is 4.88. The predicted octanol–water partition coefficient (Wildman–Crippen LogP) is 4.09. The first-order chi connectivity index (χ1) is 15.2. The maximum absolute atomic E-state index is 5.24. The maximum Gasteiger partial charge on any atom is 0.191 e. The smallest absolute Gasteiger partial charge is 0.191 e. The van der Waals surface area contributed by atoms with Crippen LogP contribution in [0.5, 0.6) is 5.75 Å². The summed E-state index contributed by atoms with van der Waals surface area (Å²) in [5.74, 6) is 4.33. The molecule has 0 atom stereocenters. The van der Waals surface area contributed by atoms with Gasteiger partial charge in [-0.15, -0.1) is 0 Å². The third kappa shape index (κ3) is 5.16. The molecule has 2 aromatic heterocycles. The summed E-state index contributed by atoms with van der Waals surface area (Å²) in [6, 6.07) is 8.04. The number of hydrogen-bond acceptors (Lipinski definition) is 9. The van der Waals surface area contributed by atoms with E-state index in [-0.39, 0.29) is 0 Å². The van der Waals surface area contributed by atoms with Gasteiger partial charge in [-0.25, -0.2) is 19.9 Å². The van der Waals surface area contributed by atoms with Crippen LogP contribution in [0.3, 0.4) is 0 Å². The molecule has 0 aliphatic carbocycles. The van der Waals surface area contributed by atoms with Gasteiger partial charge in [0, 0.05) is 36.8 Å². The molecular formula is C22H27N7OS. The van der Waals surface area contributed by atoms with Gasteiger partial charge in [-0.1, -0.05) is 30.8 Å². The molecular weight excluding hydrogens is 410 g/mol. The number of thioether (sulfide) groups is 1. The molecule has 0 radical (unpaired) electrons. The summed E-state index contributed by atoms with van der Waals surface area (Å²) in [5, 5.41) is 7.73. The van der Waals surface area contributed by atoms with Crippen LogP contribution in [-0.4, -0.2) is 39.5 Å². The van der Waals surface area contributed by atoms with Crippen molar-refractivity contribution in [1.82, 2.24) is 19.9 Å². The number of aryl methyl sites for hydroxylation is 1. The predicted molar refractivity (Wildman–Crippen MR) is 125 cm³/mol. The molecule has 1 aromatic carbocycles. The standard InChI is InChI=1S/C22H27N7OS/c1-4-9-31-22-27-20(25-10-16-5-7-18(30-3)8-6-16)19-21(28-22)29(14-26-19)13-17-11-23-15(2)24-12-17/h5-8,11-12,26H,4,9-10,13-14H2,1-3H3,(H,25,27,28). The van der Waals surface area contributed by atoms with E-state index in [1.807, 2.05) is 31.5 Å². The Morgan fingerprint density at radius 1 is 1.13 bits per heavy atom. The summed E-state index contributed by atoms with van der Waals surface area (Å²) in [4.78, 5) is 20.4. The molecule has 1 aliphatic rings. The highest BCUT2D eigenvalue weighted by Gasteiger charge is 2.26. The monoisotopic (exact) mass is 437 g/mol. The van der Waals surface area contributed by atoms with Crippen molar-refractivity contribution in [2.24, 2.45) is 0 Å². The first-order valence-electron chi connectivity index (χ1n) is 10.3. The van der Waals surface area contributed by atoms with Crippen LogP contribution in [0.4, 0.5) is 17.3 Å². The van der Waals surface area contributed by atoms with Gasteiger partial charge in [0.25, 0.3) is 0 Å². The van der Waals surface area contributed by atoms with Crippen molar-refractivity contribution < 1.29 is 4.74 Å². The van der Waals surface area contributed by atoms with Crippen molar-refractivity contribution in [1.29, 1.82) is 0 Å². The van der Waals surface area contributed by atoms with Crippen LogP contribution in [0.1, 0.15) is 30.3 Å². The minimum Gasteiger partial charge on any atom is -0.497 e. The highest BCUT2D eigenvalue weighted by molar-refractivity contribution is 7.99. The van der Waals surface area contributed by atoms with Crippen molar-refractivity contribution in [2.45, 2.75) is 38.5 Å². The zero-order chi connectivity index (χ0) is 21.6. The number of ether oxygens (including phenoxy) is 1. The average molecular weight is 438 g/mol. The summed E-state index contributed by atoms with van der Waals surface area (Å²) in [6.07, 6.45) is 4.82. The Balaban J connectivity index is 1.56. The lowest BCUT2D eigenvalue weighted by molar-refractivity contribution is 0.414. The van der Waals surface area contributed by atoms with E-state index < -0.39 is 0 Å². The topological polar surface area (TPSA) is 88.1 Å². The summed E-state index contributed by atoms with van der Waals surface area (Å²) in [7, 11) is 1.67. The number of benzene rings is 1. The van der Waals surface area contributed by atoms with Crippen LogP contribution >= 0.6 is 11.8 Å². The molecule has 3 heterocycles. The second-order valence-corrected chi connectivity index (χ2v) is 8.34. The first-order valence-corrected chi connectivity index (χ1v) is 11.3. The van der Waals surface area contributed by atoms with Gasteiger partial charge in [0.2, 0.25) is 0 Å². The Kier molecular flexibility index (Phi) is 6.71. The van der Waals surface area contributed by atoms with E-state index in [0.29, 0.717) is 19.8 Å². The van der Waals surface area contributed by atoms with Gasteiger partial charge in [0.1, 0.15) is 17.3 Å². The molecule has 0 amide bonds. The van der Waals surface area contributed by atoms with Gasteiger partial charge < -0.3 is 20.3 Å². The molecule has 162 valence electrons. The zero-order valence-corrected chi connectivity index (χ0v) is 18.9. The maximum atomic E-state index is 5.24. The molecule has 0 saturated heterocycles. The van der Waals surface area contributed by atoms with Gasteiger partial charge in [0.15, 0.2) is 16.8 Å². The molecule has 0 unspecified atom stereocenters. The Labute approximate surface area is 186 Å². The van der Waals surface area contributed by atoms with Crippen LogP contribution in [-0.2, 0) is 13.1 Å². The number of aromatic nitrogens is 4. The fourth-order valence-corrected chi connectivity index (χ4v) is 3.93. The van der Waals surface area contributed by atoms with E-state index >= 15 is 0 Å². The molecule has 3 aromatic rings. The number of nitrogens with zero attached hydrogens (tertiary/aromatic N) is 5. The molecule has 0 fully saturated rings. The fourth-order valence-electron chi connectivity index (χ4n) is 3.24. The lowest BCUT2D eigenvalue weighted by atomic mass is 10.2. The summed E-state index contributed by atoms with van der Waals surface area (Å²) < 4.78 is 5.24. The number of anilines is 3. The van der Waals surface area contributed by atoms with Crippen LogP contribution < -0.4 is 20.3 Å². The highest BCUT2D eigenvalue weighted by atomic mass is 32.2. The molecule has 2 N–H and O–H groups in total. The Bertz CT molecular complexity index is 1010. The lowest BCUT2D eigenvalue weighted by Gasteiger charge is -2.17. The SMILES string of the molecule is CCCSc1nc(NCc2ccc(OC)cc2)c2c(n1)N(Cc1cnc(C)nc1)CN2. The van der Waals surface area contributed by atoms with E-state index in [4.69, 9.17) is 14.7 Å². The minimum atomic E-state index is 0.664. The summed E-state index contributed by atoms with van der Waals surface area (Å²) in [6.45, 7) is 6.07. The second-order valence-electron chi connectivity index (χ2n) is 7.27. The Morgan fingerprint density at radius 3 is 2.61 bits per heavy atom. The summed E-state index contributed by atoms with van der Waals surface area (Å²) in [5.41, 5.74) is 3.14. The molecule has 31 heavy (non-hydrogen) atoms. The van der Waals surface area contributed by atoms with E-state index in [0.717, 1.165) is 57.4 Å². The average Bonchev–Trinajstić information content (AvgIpc) is 3.20. The number of methoxy groups -OCH3 is 1. The van der Waals surface area contributed by atoms with Crippen LogP contribution in [0.25, 0.3) is 0 Å². The van der Waals surface area contributed by atoms with Crippen LogP contribution in [0.15, 0.2) is 41.8 Å². The van der Waals surface area contributed by atoms with E-state index in [1.54, 1.807) is 18.9 Å². The normalized spacial score (nSPS) is 12.4. The molecule has 9 heteroatoms. The number of rotatable bonds is 9. The second kappa shape index (κ2) is 9.82. The number of hydrogen-bond donors (Lipinski definition) is 2. The molecule has 0 bridgehead atoms. The zero-order valence-electron chi connectivity index (χ0n) is 18.1. The quantitative estimate of drug-likeness (QED) is 0.379. The van der Waals surface area contributed by atoms with Gasteiger partial charge >= 0.3 is 0 Å². The van der Waals surface area contributed by atoms with E-state index in [2.05, 4.69) is 44.6 Å². The molecule has 8 nitrogen and oxygen atoms in total.